The highest BCUT2D eigenvalue weighted by atomic mass is 35.5. The first kappa shape index (κ1) is 11.0. The second-order valence-electron chi connectivity index (χ2n) is 3.99. The van der Waals surface area contributed by atoms with Crippen LogP contribution < -0.4 is 5.73 Å². The van der Waals surface area contributed by atoms with Crippen molar-refractivity contribution in [3.63, 3.8) is 0 Å². The largest absolute Gasteiger partial charge is 0.382 e. The SMILES string of the molecule is Nc1nnc(Cl)cc1-c1cccc2ccccc12. The van der Waals surface area contributed by atoms with E-state index in [1.807, 2.05) is 24.3 Å². The molecule has 0 atom stereocenters. The van der Waals surface area contributed by atoms with Gasteiger partial charge in [0.1, 0.15) is 0 Å². The average molecular weight is 256 g/mol. The molecule has 0 aliphatic rings. The molecule has 18 heavy (non-hydrogen) atoms. The predicted molar refractivity (Wildman–Crippen MR) is 74.4 cm³/mol. The Kier molecular flexibility index (Phi) is 2.61. The van der Waals surface area contributed by atoms with Crippen molar-refractivity contribution in [1.29, 1.82) is 0 Å². The van der Waals surface area contributed by atoms with Crippen LogP contribution >= 0.6 is 11.6 Å². The zero-order valence-corrected chi connectivity index (χ0v) is 10.2. The first-order valence-corrected chi connectivity index (χ1v) is 5.90. The molecule has 1 heterocycles. The fraction of sp³-hybridized carbons (Fsp3) is 0. The molecule has 3 rings (SSSR count). The van der Waals surface area contributed by atoms with Gasteiger partial charge in [0.25, 0.3) is 0 Å². The molecule has 3 aromatic rings. The van der Waals surface area contributed by atoms with Crippen molar-refractivity contribution < 1.29 is 0 Å². The smallest absolute Gasteiger partial charge is 0.154 e. The molecule has 0 spiro atoms. The third kappa shape index (κ3) is 1.79. The number of hydrogen-bond acceptors (Lipinski definition) is 3. The Bertz CT molecular complexity index is 720. The normalized spacial score (nSPS) is 10.7. The number of rotatable bonds is 1. The van der Waals surface area contributed by atoms with E-state index in [-0.39, 0.29) is 0 Å². The number of benzene rings is 2. The van der Waals surface area contributed by atoms with Gasteiger partial charge in [-0.3, -0.25) is 0 Å². The molecule has 1 aromatic heterocycles. The number of nitrogens with zero attached hydrogens (tertiary/aromatic N) is 2. The van der Waals surface area contributed by atoms with E-state index in [2.05, 4.69) is 28.4 Å². The quantitative estimate of drug-likeness (QED) is 0.724. The van der Waals surface area contributed by atoms with Gasteiger partial charge in [0, 0.05) is 5.56 Å². The number of aromatic nitrogens is 2. The highest BCUT2D eigenvalue weighted by molar-refractivity contribution is 6.29. The minimum Gasteiger partial charge on any atom is -0.382 e. The topological polar surface area (TPSA) is 51.8 Å². The first-order valence-electron chi connectivity index (χ1n) is 5.52. The molecule has 0 amide bonds. The number of nitrogen functional groups attached to an aromatic ring is 1. The molecule has 0 fully saturated rings. The minimum atomic E-state index is 0.340. The van der Waals surface area contributed by atoms with Crippen LogP contribution in [0.25, 0.3) is 21.9 Å². The highest BCUT2D eigenvalue weighted by Crippen LogP contribution is 2.32. The second-order valence-corrected chi connectivity index (χ2v) is 4.38. The molecule has 0 radical (unpaired) electrons. The summed E-state index contributed by atoms with van der Waals surface area (Å²) in [6, 6.07) is 15.9. The van der Waals surface area contributed by atoms with Gasteiger partial charge >= 0.3 is 0 Å². The lowest BCUT2D eigenvalue weighted by atomic mass is 9.99. The van der Waals surface area contributed by atoms with Crippen LogP contribution in [0.3, 0.4) is 0 Å². The summed E-state index contributed by atoms with van der Waals surface area (Å²) in [6.45, 7) is 0. The second kappa shape index (κ2) is 4.27. The number of fused-ring (bicyclic) bond motifs is 1. The Balaban J connectivity index is 2.35. The average Bonchev–Trinajstić information content (AvgIpc) is 2.41. The summed E-state index contributed by atoms with van der Waals surface area (Å²) >= 11 is 5.89. The summed E-state index contributed by atoms with van der Waals surface area (Å²) in [4.78, 5) is 0. The van der Waals surface area contributed by atoms with Crippen LogP contribution in [0.15, 0.2) is 48.5 Å². The van der Waals surface area contributed by atoms with Gasteiger partial charge in [-0.2, -0.15) is 0 Å². The molecule has 0 bridgehead atoms. The van der Waals surface area contributed by atoms with Crippen LogP contribution in [0, 0.1) is 0 Å². The van der Waals surface area contributed by atoms with E-state index in [1.165, 1.54) is 0 Å². The number of anilines is 1. The number of nitrogens with two attached hydrogens (primary N) is 1. The molecular formula is C14H10ClN3. The monoisotopic (exact) mass is 255 g/mol. The maximum atomic E-state index is 5.89. The van der Waals surface area contributed by atoms with E-state index < -0.39 is 0 Å². The van der Waals surface area contributed by atoms with Gasteiger partial charge < -0.3 is 5.73 Å². The lowest BCUT2D eigenvalue weighted by molar-refractivity contribution is 1.04. The Hall–Kier alpha value is -2.13. The third-order valence-corrected chi connectivity index (χ3v) is 3.06. The summed E-state index contributed by atoms with van der Waals surface area (Å²) in [5.74, 6) is 0.385. The van der Waals surface area contributed by atoms with Crippen molar-refractivity contribution >= 4 is 28.2 Å². The van der Waals surface area contributed by atoms with Gasteiger partial charge in [-0.05, 0) is 22.4 Å². The van der Waals surface area contributed by atoms with Crippen molar-refractivity contribution in [1.82, 2.24) is 10.2 Å². The molecule has 2 aromatic carbocycles. The van der Waals surface area contributed by atoms with Crippen LogP contribution in [-0.4, -0.2) is 10.2 Å². The molecule has 4 heteroatoms. The van der Waals surface area contributed by atoms with Crippen molar-refractivity contribution in [3.05, 3.63) is 53.7 Å². The fourth-order valence-electron chi connectivity index (χ4n) is 2.05. The third-order valence-electron chi connectivity index (χ3n) is 2.87. The van der Waals surface area contributed by atoms with E-state index in [0.29, 0.717) is 11.0 Å². The molecule has 3 nitrogen and oxygen atoms in total. The van der Waals surface area contributed by atoms with Gasteiger partial charge in [0.15, 0.2) is 11.0 Å². The summed E-state index contributed by atoms with van der Waals surface area (Å²) in [5.41, 5.74) is 7.71. The highest BCUT2D eigenvalue weighted by Gasteiger charge is 2.09. The zero-order chi connectivity index (χ0) is 12.5. The van der Waals surface area contributed by atoms with E-state index in [4.69, 9.17) is 17.3 Å². The molecule has 0 unspecified atom stereocenters. The Labute approximate surface area is 109 Å². The molecule has 0 saturated heterocycles. The van der Waals surface area contributed by atoms with E-state index in [9.17, 15) is 0 Å². The summed E-state index contributed by atoms with van der Waals surface area (Å²) in [7, 11) is 0. The number of hydrogen-bond donors (Lipinski definition) is 1. The fourth-order valence-corrected chi connectivity index (χ4v) is 2.20. The van der Waals surface area contributed by atoms with E-state index in [0.717, 1.165) is 21.9 Å². The molecule has 0 aliphatic carbocycles. The maximum absolute atomic E-state index is 5.89. The summed E-state index contributed by atoms with van der Waals surface area (Å²) in [5, 5.41) is 10.2. The van der Waals surface area contributed by atoms with Crippen molar-refractivity contribution in [3.8, 4) is 11.1 Å². The molecule has 88 valence electrons. The van der Waals surface area contributed by atoms with Crippen LogP contribution in [0.2, 0.25) is 5.15 Å². The standard InChI is InChI=1S/C14H10ClN3/c15-13-8-12(14(16)18-17-13)11-7-3-5-9-4-1-2-6-10(9)11/h1-8H,(H2,16,18). The minimum absolute atomic E-state index is 0.340. The Morgan fingerprint density at radius 2 is 1.67 bits per heavy atom. The van der Waals surface area contributed by atoms with Crippen LogP contribution in [0.5, 0.6) is 0 Å². The molecule has 0 saturated carbocycles. The van der Waals surface area contributed by atoms with Crippen LogP contribution in [0.1, 0.15) is 0 Å². The van der Waals surface area contributed by atoms with Gasteiger partial charge in [-0.25, -0.2) is 0 Å². The zero-order valence-electron chi connectivity index (χ0n) is 9.47. The first-order chi connectivity index (χ1) is 8.75. The van der Waals surface area contributed by atoms with Gasteiger partial charge in [0.2, 0.25) is 0 Å². The molecule has 0 aliphatic heterocycles. The van der Waals surface area contributed by atoms with Gasteiger partial charge in [0.05, 0.1) is 0 Å². The van der Waals surface area contributed by atoms with Gasteiger partial charge in [-0.15, -0.1) is 10.2 Å². The maximum Gasteiger partial charge on any atom is 0.154 e. The Morgan fingerprint density at radius 1 is 0.889 bits per heavy atom. The lowest BCUT2D eigenvalue weighted by Crippen LogP contribution is -1.97. The van der Waals surface area contributed by atoms with Crippen LogP contribution in [-0.2, 0) is 0 Å². The van der Waals surface area contributed by atoms with E-state index in [1.54, 1.807) is 6.07 Å². The molecule has 2 N–H and O–H groups in total. The van der Waals surface area contributed by atoms with Crippen LogP contribution in [0.4, 0.5) is 5.82 Å². The summed E-state index contributed by atoms with van der Waals surface area (Å²) < 4.78 is 0. The van der Waals surface area contributed by atoms with Crippen molar-refractivity contribution in [2.75, 3.05) is 5.73 Å². The van der Waals surface area contributed by atoms with Crippen molar-refractivity contribution in [2.24, 2.45) is 0 Å². The van der Waals surface area contributed by atoms with Crippen molar-refractivity contribution in [2.45, 2.75) is 0 Å². The van der Waals surface area contributed by atoms with E-state index >= 15 is 0 Å². The molecular weight excluding hydrogens is 246 g/mol. The lowest BCUT2D eigenvalue weighted by Gasteiger charge is -2.08. The van der Waals surface area contributed by atoms with Gasteiger partial charge in [-0.1, -0.05) is 54.1 Å². The predicted octanol–water partition coefficient (Wildman–Crippen LogP) is 3.53. The summed E-state index contributed by atoms with van der Waals surface area (Å²) in [6.07, 6.45) is 0. The Morgan fingerprint density at radius 3 is 2.56 bits per heavy atom. The number of halogens is 1.